The van der Waals surface area contributed by atoms with Gasteiger partial charge in [0.1, 0.15) is 0 Å². The molecule has 0 saturated heterocycles. The predicted molar refractivity (Wildman–Crippen MR) is 107 cm³/mol. The number of Topliss-reactive ketones (excluding diaryl/α,β-unsaturated/α-hetero) is 1. The van der Waals surface area contributed by atoms with Crippen molar-refractivity contribution in [3.8, 4) is 0 Å². The highest BCUT2D eigenvalue weighted by atomic mass is 16.4. The second-order valence-corrected chi connectivity index (χ2v) is 7.49. The van der Waals surface area contributed by atoms with Crippen LogP contribution in [-0.2, 0) is 18.3 Å². The summed E-state index contributed by atoms with van der Waals surface area (Å²) in [6.07, 6.45) is 12.4. The number of rotatable bonds is 14. The van der Waals surface area contributed by atoms with Gasteiger partial charge in [-0.15, -0.1) is 0 Å². The Labute approximate surface area is 159 Å². The SMILES string of the molecule is CCCCCCCCCCCC(=O)c1c(C)c(CCC(=O)O)n(C)c1C. The first-order chi connectivity index (χ1) is 12.4. The van der Waals surface area contributed by atoms with Gasteiger partial charge in [0, 0.05) is 30.4 Å². The van der Waals surface area contributed by atoms with E-state index in [0.29, 0.717) is 12.8 Å². The minimum absolute atomic E-state index is 0.101. The smallest absolute Gasteiger partial charge is 0.303 e. The Morgan fingerprint density at radius 1 is 0.885 bits per heavy atom. The largest absolute Gasteiger partial charge is 0.481 e. The highest BCUT2D eigenvalue weighted by molar-refractivity contribution is 5.99. The summed E-state index contributed by atoms with van der Waals surface area (Å²) in [6.45, 7) is 6.15. The average Bonchev–Trinajstić information content (AvgIpc) is 2.80. The van der Waals surface area contributed by atoms with Crippen molar-refractivity contribution < 1.29 is 14.7 Å². The molecule has 0 fully saturated rings. The van der Waals surface area contributed by atoms with Crippen LogP contribution in [0.3, 0.4) is 0 Å². The number of carboxylic acids is 1. The number of unbranched alkanes of at least 4 members (excludes halogenated alkanes) is 8. The van der Waals surface area contributed by atoms with Crippen LogP contribution < -0.4 is 0 Å². The zero-order valence-corrected chi connectivity index (χ0v) is 17.2. The standard InChI is InChI=1S/C22H37NO3/c1-5-6-7-8-9-10-11-12-13-14-20(24)22-17(2)19(15-16-21(25)26)23(4)18(22)3/h5-16H2,1-4H3,(H,25,26). The molecule has 0 spiro atoms. The lowest BCUT2D eigenvalue weighted by Crippen LogP contribution is -2.04. The molecule has 0 radical (unpaired) electrons. The third-order valence-electron chi connectivity index (χ3n) is 5.44. The van der Waals surface area contributed by atoms with Crippen molar-refractivity contribution in [2.45, 2.75) is 97.8 Å². The molecule has 0 aliphatic rings. The molecule has 0 amide bonds. The first-order valence-corrected chi connectivity index (χ1v) is 10.3. The predicted octanol–water partition coefficient (Wildman–Crippen LogP) is 5.76. The fraction of sp³-hybridized carbons (Fsp3) is 0.727. The summed E-state index contributed by atoms with van der Waals surface area (Å²) in [7, 11) is 1.93. The van der Waals surface area contributed by atoms with Crippen molar-refractivity contribution in [2.24, 2.45) is 7.05 Å². The lowest BCUT2D eigenvalue weighted by Gasteiger charge is -2.04. The normalized spacial score (nSPS) is 11.1. The van der Waals surface area contributed by atoms with Crippen LogP contribution in [-0.4, -0.2) is 21.4 Å². The number of nitrogens with zero attached hydrogens (tertiary/aromatic N) is 1. The number of hydrogen-bond donors (Lipinski definition) is 1. The van der Waals surface area contributed by atoms with Crippen molar-refractivity contribution in [1.82, 2.24) is 4.57 Å². The van der Waals surface area contributed by atoms with Crippen molar-refractivity contribution >= 4 is 11.8 Å². The highest BCUT2D eigenvalue weighted by Crippen LogP contribution is 2.24. The molecule has 4 nitrogen and oxygen atoms in total. The molecule has 1 rings (SSSR count). The molecule has 4 heteroatoms. The summed E-state index contributed by atoms with van der Waals surface area (Å²) in [4.78, 5) is 23.5. The second kappa shape index (κ2) is 11.9. The van der Waals surface area contributed by atoms with Crippen molar-refractivity contribution in [1.29, 1.82) is 0 Å². The Morgan fingerprint density at radius 3 is 1.96 bits per heavy atom. The van der Waals surface area contributed by atoms with Crippen LogP contribution in [0.25, 0.3) is 0 Å². The van der Waals surface area contributed by atoms with E-state index in [9.17, 15) is 9.59 Å². The summed E-state index contributed by atoms with van der Waals surface area (Å²) >= 11 is 0. The van der Waals surface area contributed by atoms with E-state index in [2.05, 4.69) is 6.92 Å². The molecule has 0 aliphatic carbocycles. The van der Waals surface area contributed by atoms with E-state index in [-0.39, 0.29) is 12.2 Å². The average molecular weight is 364 g/mol. The first kappa shape index (κ1) is 22.5. The third-order valence-corrected chi connectivity index (χ3v) is 5.44. The Morgan fingerprint density at radius 2 is 1.42 bits per heavy atom. The van der Waals surface area contributed by atoms with Crippen LogP contribution in [0.2, 0.25) is 0 Å². The summed E-state index contributed by atoms with van der Waals surface area (Å²) in [5.41, 5.74) is 3.71. The molecule has 0 aliphatic heterocycles. The van der Waals surface area contributed by atoms with Gasteiger partial charge in [0.05, 0.1) is 6.42 Å². The minimum atomic E-state index is -0.800. The van der Waals surface area contributed by atoms with Gasteiger partial charge in [-0.2, -0.15) is 0 Å². The fourth-order valence-electron chi connectivity index (χ4n) is 3.75. The number of carboxylic acid groups (broad SMARTS) is 1. The number of carbonyl (C=O) groups is 2. The highest BCUT2D eigenvalue weighted by Gasteiger charge is 2.20. The van der Waals surface area contributed by atoms with Gasteiger partial charge in [-0.05, 0) is 32.3 Å². The van der Waals surface area contributed by atoms with Crippen molar-refractivity contribution in [3.63, 3.8) is 0 Å². The van der Waals surface area contributed by atoms with E-state index in [0.717, 1.165) is 35.4 Å². The maximum atomic E-state index is 12.7. The van der Waals surface area contributed by atoms with Crippen LogP contribution in [0, 0.1) is 13.8 Å². The molecule has 0 atom stereocenters. The summed E-state index contributed by atoms with van der Waals surface area (Å²) in [5.74, 6) is -0.592. The topological polar surface area (TPSA) is 59.3 Å². The summed E-state index contributed by atoms with van der Waals surface area (Å²) < 4.78 is 1.99. The molecule has 26 heavy (non-hydrogen) atoms. The molecule has 1 aromatic rings. The Hall–Kier alpha value is -1.58. The summed E-state index contributed by atoms with van der Waals surface area (Å²) in [5, 5.41) is 8.91. The zero-order chi connectivity index (χ0) is 19.5. The molecular formula is C22H37NO3. The Balaban J connectivity index is 2.43. The Bertz CT molecular complexity index is 587. The van der Waals surface area contributed by atoms with Gasteiger partial charge in [0.15, 0.2) is 5.78 Å². The maximum absolute atomic E-state index is 12.7. The van der Waals surface area contributed by atoms with Crippen LogP contribution >= 0.6 is 0 Å². The van der Waals surface area contributed by atoms with Crippen molar-refractivity contribution in [3.05, 3.63) is 22.5 Å². The lowest BCUT2D eigenvalue weighted by molar-refractivity contribution is -0.136. The Kier molecular flexibility index (Phi) is 10.3. The third kappa shape index (κ3) is 6.97. The van der Waals surface area contributed by atoms with E-state index < -0.39 is 5.97 Å². The van der Waals surface area contributed by atoms with Gasteiger partial charge in [0.25, 0.3) is 0 Å². The van der Waals surface area contributed by atoms with E-state index >= 15 is 0 Å². The van der Waals surface area contributed by atoms with Gasteiger partial charge >= 0.3 is 5.97 Å². The monoisotopic (exact) mass is 363 g/mol. The molecule has 1 N–H and O–H groups in total. The van der Waals surface area contributed by atoms with Crippen LogP contribution in [0.4, 0.5) is 0 Å². The molecule has 148 valence electrons. The molecule has 0 unspecified atom stereocenters. The molecule has 1 heterocycles. The zero-order valence-electron chi connectivity index (χ0n) is 17.2. The van der Waals surface area contributed by atoms with Gasteiger partial charge in [0.2, 0.25) is 0 Å². The second-order valence-electron chi connectivity index (χ2n) is 7.49. The van der Waals surface area contributed by atoms with E-state index in [1.165, 1.54) is 44.9 Å². The molecule has 1 aromatic heterocycles. The van der Waals surface area contributed by atoms with Crippen LogP contribution in [0.1, 0.15) is 105 Å². The number of aromatic nitrogens is 1. The van der Waals surface area contributed by atoms with Gasteiger partial charge in [-0.1, -0.05) is 58.3 Å². The van der Waals surface area contributed by atoms with E-state index in [4.69, 9.17) is 5.11 Å². The number of carbonyl (C=O) groups excluding carboxylic acids is 1. The number of aliphatic carboxylic acids is 1. The van der Waals surface area contributed by atoms with E-state index in [1.54, 1.807) is 0 Å². The molecule has 0 aromatic carbocycles. The van der Waals surface area contributed by atoms with Crippen LogP contribution in [0.15, 0.2) is 0 Å². The number of ketones is 1. The van der Waals surface area contributed by atoms with Gasteiger partial charge < -0.3 is 9.67 Å². The lowest BCUT2D eigenvalue weighted by atomic mass is 9.99. The quantitative estimate of drug-likeness (QED) is 0.337. The first-order valence-electron chi connectivity index (χ1n) is 10.3. The van der Waals surface area contributed by atoms with Gasteiger partial charge in [-0.25, -0.2) is 0 Å². The summed E-state index contributed by atoms with van der Waals surface area (Å²) in [6, 6.07) is 0. The fourth-order valence-corrected chi connectivity index (χ4v) is 3.75. The maximum Gasteiger partial charge on any atom is 0.303 e. The van der Waals surface area contributed by atoms with E-state index in [1.807, 2.05) is 25.5 Å². The molecule has 0 bridgehead atoms. The molecular weight excluding hydrogens is 326 g/mol. The van der Waals surface area contributed by atoms with Crippen molar-refractivity contribution in [2.75, 3.05) is 0 Å². The minimum Gasteiger partial charge on any atom is -0.481 e. The van der Waals surface area contributed by atoms with Gasteiger partial charge in [-0.3, -0.25) is 9.59 Å². The molecule has 0 saturated carbocycles. The number of hydrogen-bond acceptors (Lipinski definition) is 2. The van der Waals surface area contributed by atoms with Crippen LogP contribution in [0.5, 0.6) is 0 Å².